The predicted octanol–water partition coefficient (Wildman–Crippen LogP) is 0.300. The number of hydrogen-bond donors (Lipinski definition) is 7. The summed E-state index contributed by atoms with van der Waals surface area (Å²) >= 11 is 5.85. The number of H-pyrrole nitrogens is 4. The molecule has 0 radical (unpaired) electrons. The Morgan fingerprint density at radius 1 is 0.806 bits per heavy atom. The van der Waals surface area contributed by atoms with Gasteiger partial charge in [-0.15, -0.1) is 0 Å². The van der Waals surface area contributed by atoms with Crippen LogP contribution in [0.15, 0.2) is 43.4 Å². The van der Waals surface area contributed by atoms with Crippen molar-refractivity contribution in [3.05, 3.63) is 87.7 Å². The first-order valence-corrected chi connectivity index (χ1v) is 9.64. The largest absolute Gasteiger partial charge is 0.494 e. The predicted molar refractivity (Wildman–Crippen MR) is 115 cm³/mol. The molecule has 0 saturated heterocycles. The number of hydrogen-bond acceptors (Lipinski definition) is 7. The van der Waals surface area contributed by atoms with Crippen LogP contribution < -0.4 is 27.8 Å². The molecule has 0 saturated carbocycles. The van der Waals surface area contributed by atoms with E-state index in [1.165, 1.54) is 24.3 Å². The minimum atomic E-state index is -1.31. The van der Waals surface area contributed by atoms with Crippen LogP contribution in [0.25, 0.3) is 0 Å². The van der Waals surface area contributed by atoms with E-state index in [2.05, 4.69) is 19.2 Å². The second-order valence-corrected chi connectivity index (χ2v) is 6.72. The molecule has 7 N–H and O–H groups in total. The van der Waals surface area contributed by atoms with E-state index in [0.29, 0.717) is 5.02 Å². The van der Waals surface area contributed by atoms with E-state index in [9.17, 15) is 29.4 Å². The van der Waals surface area contributed by atoms with Crippen LogP contribution in [0.1, 0.15) is 36.5 Å². The van der Waals surface area contributed by atoms with Gasteiger partial charge in [0.25, 0.3) is 11.1 Å². The van der Waals surface area contributed by atoms with Crippen molar-refractivity contribution >= 4 is 11.6 Å². The second-order valence-electron chi connectivity index (χ2n) is 6.28. The lowest BCUT2D eigenvalue weighted by Gasteiger charge is -2.18. The van der Waals surface area contributed by atoms with Crippen LogP contribution in [0.5, 0.6) is 11.8 Å². The fourth-order valence-corrected chi connectivity index (χ4v) is 3.01. The number of rotatable bonds is 5. The van der Waals surface area contributed by atoms with Gasteiger partial charge < -0.3 is 15.5 Å². The maximum Gasteiger partial charge on any atom is 0.328 e. The highest BCUT2D eigenvalue weighted by molar-refractivity contribution is 6.30. The fourth-order valence-electron chi connectivity index (χ4n) is 2.89. The molecule has 0 amide bonds. The molecule has 0 spiro atoms. The van der Waals surface area contributed by atoms with E-state index in [4.69, 9.17) is 11.6 Å². The van der Waals surface area contributed by atoms with E-state index < -0.39 is 51.3 Å². The molecule has 3 aromatic rings. The SMILES string of the molecule is CCNCC.O=c1[nH]c(O)c(C(c2ccc(Cl)cc2)c2c(O)[nH]c(=O)[nH]c2=O)c(=O)[nH]1. The summed E-state index contributed by atoms with van der Waals surface area (Å²) in [5.74, 6) is -2.89. The zero-order valence-electron chi connectivity index (χ0n) is 16.7. The summed E-state index contributed by atoms with van der Waals surface area (Å²) < 4.78 is 0. The van der Waals surface area contributed by atoms with Crippen molar-refractivity contribution in [2.24, 2.45) is 0 Å². The minimum absolute atomic E-state index is 0.287. The average Bonchev–Trinajstić information content (AvgIpc) is 2.67. The Bertz CT molecular complexity index is 1180. The highest BCUT2D eigenvalue weighted by Crippen LogP contribution is 2.34. The molecule has 0 aliphatic carbocycles. The Morgan fingerprint density at radius 3 is 1.55 bits per heavy atom. The first kappa shape index (κ1) is 23.7. The van der Waals surface area contributed by atoms with Crippen molar-refractivity contribution in [2.75, 3.05) is 13.1 Å². The first-order valence-electron chi connectivity index (χ1n) is 9.26. The molecular formula is C19H22ClN5O6. The third kappa shape index (κ3) is 5.74. The highest BCUT2D eigenvalue weighted by Gasteiger charge is 2.30. The molecule has 31 heavy (non-hydrogen) atoms. The zero-order valence-corrected chi connectivity index (χ0v) is 17.5. The number of aromatic amines is 4. The number of nitrogens with one attached hydrogen (secondary N) is 5. The van der Waals surface area contributed by atoms with Crippen molar-refractivity contribution in [1.82, 2.24) is 25.3 Å². The van der Waals surface area contributed by atoms with Crippen molar-refractivity contribution < 1.29 is 10.2 Å². The van der Waals surface area contributed by atoms with Crippen LogP contribution >= 0.6 is 11.6 Å². The summed E-state index contributed by atoms with van der Waals surface area (Å²) in [5.41, 5.74) is -4.38. The van der Waals surface area contributed by atoms with Gasteiger partial charge in [-0.25, -0.2) is 9.59 Å². The van der Waals surface area contributed by atoms with Gasteiger partial charge in [0.1, 0.15) is 0 Å². The maximum atomic E-state index is 12.3. The van der Waals surface area contributed by atoms with Crippen molar-refractivity contribution in [2.45, 2.75) is 19.8 Å². The molecule has 1 aromatic carbocycles. The second kappa shape index (κ2) is 10.5. The fraction of sp³-hybridized carbons (Fsp3) is 0.263. The minimum Gasteiger partial charge on any atom is -0.494 e. The van der Waals surface area contributed by atoms with Gasteiger partial charge in [0, 0.05) is 5.02 Å². The third-order valence-corrected chi connectivity index (χ3v) is 4.45. The Hall–Kier alpha value is -3.57. The van der Waals surface area contributed by atoms with Gasteiger partial charge >= 0.3 is 11.4 Å². The molecule has 2 aromatic heterocycles. The topological polar surface area (TPSA) is 184 Å². The van der Waals surface area contributed by atoms with Crippen LogP contribution in [0, 0.1) is 0 Å². The van der Waals surface area contributed by atoms with E-state index >= 15 is 0 Å². The van der Waals surface area contributed by atoms with Gasteiger partial charge in [0.15, 0.2) is 0 Å². The van der Waals surface area contributed by atoms with Gasteiger partial charge in [-0.1, -0.05) is 37.6 Å². The highest BCUT2D eigenvalue weighted by atomic mass is 35.5. The van der Waals surface area contributed by atoms with E-state index in [-0.39, 0.29) is 5.56 Å². The smallest absolute Gasteiger partial charge is 0.328 e. The number of aromatic nitrogens is 4. The summed E-state index contributed by atoms with van der Waals surface area (Å²) in [7, 11) is 0. The summed E-state index contributed by atoms with van der Waals surface area (Å²) in [6.07, 6.45) is 0. The standard InChI is InChI=1S/C15H11ClN4O6.C4H11N/c16-6-3-1-5(2-4-6)7(8-10(21)17-14(25)18-11(8)22)9-12(23)19-15(26)20-13(9)24;1-3-5-4-2/h1-4,7H,(H3,17,18,21,22,25)(H3,19,20,23,24,26);5H,3-4H2,1-2H3. The molecule has 2 heterocycles. The number of benzene rings is 1. The number of aromatic hydroxyl groups is 2. The van der Waals surface area contributed by atoms with E-state index in [0.717, 1.165) is 13.1 Å². The molecule has 0 fully saturated rings. The number of halogens is 1. The van der Waals surface area contributed by atoms with Gasteiger partial charge in [-0.3, -0.25) is 29.5 Å². The van der Waals surface area contributed by atoms with Crippen LogP contribution in [0.3, 0.4) is 0 Å². The lowest BCUT2D eigenvalue weighted by molar-refractivity contribution is 0.429. The third-order valence-electron chi connectivity index (χ3n) is 4.20. The van der Waals surface area contributed by atoms with Gasteiger partial charge in [0.05, 0.1) is 17.0 Å². The summed E-state index contributed by atoms with van der Waals surface area (Å²) in [4.78, 5) is 55.1. The lowest BCUT2D eigenvalue weighted by Crippen LogP contribution is -2.32. The first-order chi connectivity index (χ1) is 14.7. The van der Waals surface area contributed by atoms with Crippen molar-refractivity contribution in [1.29, 1.82) is 0 Å². The lowest BCUT2D eigenvalue weighted by atomic mass is 9.87. The molecule has 0 unspecified atom stereocenters. The average molecular weight is 452 g/mol. The molecule has 0 atom stereocenters. The molecule has 0 bridgehead atoms. The summed E-state index contributed by atoms with van der Waals surface area (Å²) in [6, 6.07) is 5.86. The monoisotopic (exact) mass is 451 g/mol. The van der Waals surface area contributed by atoms with Gasteiger partial charge in [-0.2, -0.15) is 0 Å². The normalized spacial score (nSPS) is 10.6. The van der Waals surface area contributed by atoms with Gasteiger partial charge in [0.2, 0.25) is 11.8 Å². The van der Waals surface area contributed by atoms with Crippen LogP contribution in [-0.4, -0.2) is 43.2 Å². The summed E-state index contributed by atoms with van der Waals surface area (Å²) in [5, 5.41) is 23.7. The molecule has 11 nitrogen and oxygen atoms in total. The van der Waals surface area contributed by atoms with Crippen LogP contribution in [-0.2, 0) is 0 Å². The Labute approximate surface area is 179 Å². The summed E-state index contributed by atoms with van der Waals surface area (Å²) in [6.45, 7) is 6.39. The van der Waals surface area contributed by atoms with Gasteiger partial charge in [-0.05, 0) is 30.8 Å². The van der Waals surface area contributed by atoms with Crippen molar-refractivity contribution in [3.63, 3.8) is 0 Å². The van der Waals surface area contributed by atoms with Crippen LogP contribution in [0.2, 0.25) is 5.02 Å². The molecule has 3 rings (SSSR count). The Morgan fingerprint density at radius 2 is 1.23 bits per heavy atom. The quantitative estimate of drug-likeness (QED) is 0.291. The molecular weight excluding hydrogens is 430 g/mol. The molecule has 166 valence electrons. The van der Waals surface area contributed by atoms with E-state index in [1.807, 2.05) is 19.9 Å². The molecule has 12 heteroatoms. The van der Waals surface area contributed by atoms with Crippen molar-refractivity contribution in [3.8, 4) is 11.8 Å². The van der Waals surface area contributed by atoms with E-state index in [1.54, 1.807) is 0 Å². The maximum absolute atomic E-state index is 12.3. The zero-order chi connectivity index (χ0) is 23.1. The molecule has 0 aliphatic heterocycles. The molecule has 0 aliphatic rings. The van der Waals surface area contributed by atoms with Crippen LogP contribution in [0.4, 0.5) is 0 Å². The Balaban J connectivity index is 0.000000614. The Kier molecular flexibility index (Phi) is 8.00.